The highest BCUT2D eigenvalue weighted by Crippen LogP contribution is 2.04. The number of aryl methyl sites for hydroxylation is 1. The molecule has 0 amide bonds. The second-order valence-corrected chi connectivity index (χ2v) is 2.55. The van der Waals surface area contributed by atoms with Gasteiger partial charge in [0.2, 0.25) is 5.89 Å². The van der Waals surface area contributed by atoms with Crippen LogP contribution in [0.25, 0.3) is 0 Å². The predicted molar refractivity (Wildman–Crippen MR) is 41.8 cm³/mol. The Labute approximate surface area is 70.2 Å². The maximum Gasteiger partial charge on any atom is 0.312 e. The van der Waals surface area contributed by atoms with E-state index in [0.717, 1.165) is 18.5 Å². The summed E-state index contributed by atoms with van der Waals surface area (Å²) in [5, 5.41) is 8.41. The minimum atomic E-state index is -0.917. The van der Waals surface area contributed by atoms with Gasteiger partial charge >= 0.3 is 5.97 Å². The number of oxazole rings is 1. The summed E-state index contributed by atoms with van der Waals surface area (Å²) in [5.74, 6) is -0.633. The van der Waals surface area contributed by atoms with Crippen molar-refractivity contribution in [2.24, 2.45) is 0 Å². The molecule has 0 unspecified atom stereocenters. The van der Waals surface area contributed by atoms with Crippen molar-refractivity contribution >= 4 is 5.97 Å². The quantitative estimate of drug-likeness (QED) is 0.736. The third-order valence-electron chi connectivity index (χ3n) is 1.41. The zero-order chi connectivity index (χ0) is 8.97. The van der Waals surface area contributed by atoms with Crippen molar-refractivity contribution in [3.8, 4) is 0 Å². The standard InChI is InChI=1S/C8H11NO3/c1-2-3-6-5-12-7(9-6)4-8(10)11/h5H,2-4H2,1H3,(H,10,11). The molecule has 0 spiro atoms. The molecule has 0 radical (unpaired) electrons. The van der Waals surface area contributed by atoms with Crippen LogP contribution in [0.1, 0.15) is 24.9 Å². The molecule has 66 valence electrons. The Hall–Kier alpha value is -1.32. The van der Waals surface area contributed by atoms with Crippen LogP contribution in [-0.4, -0.2) is 16.1 Å². The fourth-order valence-electron chi connectivity index (χ4n) is 0.930. The summed E-state index contributed by atoms with van der Waals surface area (Å²) in [6.45, 7) is 2.03. The molecular weight excluding hydrogens is 158 g/mol. The summed E-state index contributed by atoms with van der Waals surface area (Å²) < 4.78 is 4.94. The fraction of sp³-hybridized carbons (Fsp3) is 0.500. The number of carboxylic acid groups (broad SMARTS) is 1. The average Bonchev–Trinajstić information content (AvgIpc) is 2.36. The van der Waals surface area contributed by atoms with Crippen LogP contribution in [0.5, 0.6) is 0 Å². The van der Waals surface area contributed by atoms with Crippen molar-refractivity contribution in [1.82, 2.24) is 4.98 Å². The zero-order valence-corrected chi connectivity index (χ0v) is 6.91. The number of hydrogen-bond acceptors (Lipinski definition) is 3. The van der Waals surface area contributed by atoms with Gasteiger partial charge in [0, 0.05) is 0 Å². The summed E-state index contributed by atoms with van der Waals surface area (Å²) in [6.07, 6.45) is 3.20. The molecule has 1 heterocycles. The van der Waals surface area contributed by atoms with E-state index in [1.807, 2.05) is 6.92 Å². The molecule has 0 saturated heterocycles. The van der Waals surface area contributed by atoms with Crippen molar-refractivity contribution in [3.05, 3.63) is 17.8 Å². The van der Waals surface area contributed by atoms with E-state index >= 15 is 0 Å². The lowest BCUT2D eigenvalue weighted by atomic mass is 10.3. The molecule has 0 aromatic carbocycles. The summed E-state index contributed by atoms with van der Waals surface area (Å²) in [7, 11) is 0. The molecule has 0 aliphatic heterocycles. The molecule has 0 aliphatic rings. The summed E-state index contributed by atoms with van der Waals surface area (Å²) in [6, 6.07) is 0. The Kier molecular flexibility index (Phi) is 2.85. The van der Waals surface area contributed by atoms with Gasteiger partial charge in [0.15, 0.2) is 0 Å². The Balaban J connectivity index is 2.58. The number of rotatable bonds is 4. The molecule has 0 saturated carbocycles. The van der Waals surface area contributed by atoms with E-state index < -0.39 is 5.97 Å². The summed E-state index contributed by atoms with van der Waals surface area (Å²) >= 11 is 0. The molecule has 0 atom stereocenters. The lowest BCUT2D eigenvalue weighted by molar-refractivity contribution is -0.136. The molecule has 1 aromatic rings. The molecule has 1 aromatic heterocycles. The number of hydrogen-bond donors (Lipinski definition) is 1. The van der Waals surface area contributed by atoms with Gasteiger partial charge in [0.05, 0.1) is 5.69 Å². The van der Waals surface area contributed by atoms with Crippen molar-refractivity contribution in [2.75, 3.05) is 0 Å². The van der Waals surface area contributed by atoms with Crippen LogP contribution in [0.3, 0.4) is 0 Å². The number of nitrogens with zero attached hydrogens (tertiary/aromatic N) is 1. The van der Waals surface area contributed by atoms with Crippen LogP contribution in [-0.2, 0) is 17.6 Å². The van der Waals surface area contributed by atoms with Gasteiger partial charge in [-0.25, -0.2) is 4.98 Å². The highest BCUT2D eigenvalue weighted by atomic mass is 16.4. The first-order valence-electron chi connectivity index (χ1n) is 3.87. The van der Waals surface area contributed by atoms with Crippen molar-refractivity contribution < 1.29 is 14.3 Å². The molecule has 4 heteroatoms. The van der Waals surface area contributed by atoms with Crippen molar-refractivity contribution in [3.63, 3.8) is 0 Å². The lowest BCUT2D eigenvalue weighted by Crippen LogP contribution is -2.00. The highest BCUT2D eigenvalue weighted by Gasteiger charge is 2.06. The van der Waals surface area contributed by atoms with E-state index in [4.69, 9.17) is 9.52 Å². The van der Waals surface area contributed by atoms with Gasteiger partial charge in [0.1, 0.15) is 12.7 Å². The van der Waals surface area contributed by atoms with E-state index in [0.29, 0.717) is 0 Å². The van der Waals surface area contributed by atoms with E-state index in [1.165, 1.54) is 6.26 Å². The number of aromatic nitrogens is 1. The van der Waals surface area contributed by atoms with Crippen LogP contribution in [0.4, 0.5) is 0 Å². The Bertz CT molecular complexity index is 267. The van der Waals surface area contributed by atoms with Gasteiger partial charge in [-0.05, 0) is 6.42 Å². The smallest absolute Gasteiger partial charge is 0.312 e. The van der Waals surface area contributed by atoms with Crippen LogP contribution in [0.15, 0.2) is 10.7 Å². The van der Waals surface area contributed by atoms with Crippen molar-refractivity contribution in [1.29, 1.82) is 0 Å². The van der Waals surface area contributed by atoms with E-state index in [1.54, 1.807) is 0 Å². The van der Waals surface area contributed by atoms with Gasteiger partial charge in [0.25, 0.3) is 0 Å². The van der Waals surface area contributed by atoms with Gasteiger partial charge in [-0.1, -0.05) is 13.3 Å². The second-order valence-electron chi connectivity index (χ2n) is 2.55. The molecule has 0 fully saturated rings. The lowest BCUT2D eigenvalue weighted by Gasteiger charge is -1.86. The van der Waals surface area contributed by atoms with E-state index in [-0.39, 0.29) is 12.3 Å². The van der Waals surface area contributed by atoms with Gasteiger partial charge in [-0.2, -0.15) is 0 Å². The minimum absolute atomic E-state index is 0.135. The fourth-order valence-corrected chi connectivity index (χ4v) is 0.930. The topological polar surface area (TPSA) is 63.3 Å². The molecule has 1 rings (SSSR count). The normalized spacial score (nSPS) is 10.1. The first kappa shape index (κ1) is 8.77. The molecule has 0 bridgehead atoms. The van der Waals surface area contributed by atoms with Gasteiger partial charge in [-0.3, -0.25) is 4.79 Å². The van der Waals surface area contributed by atoms with Gasteiger partial charge < -0.3 is 9.52 Å². The predicted octanol–water partition coefficient (Wildman–Crippen LogP) is 1.25. The number of aliphatic carboxylic acids is 1. The van der Waals surface area contributed by atoms with Crippen LogP contribution in [0, 0.1) is 0 Å². The van der Waals surface area contributed by atoms with Crippen LogP contribution >= 0.6 is 0 Å². The highest BCUT2D eigenvalue weighted by molar-refractivity contribution is 5.68. The first-order valence-corrected chi connectivity index (χ1v) is 3.87. The minimum Gasteiger partial charge on any atom is -0.481 e. The maximum atomic E-state index is 10.2. The molecule has 4 nitrogen and oxygen atoms in total. The first-order chi connectivity index (χ1) is 5.72. The second kappa shape index (κ2) is 3.90. The average molecular weight is 169 g/mol. The number of carboxylic acids is 1. The molecule has 1 N–H and O–H groups in total. The molecule has 0 aliphatic carbocycles. The number of carbonyl (C=O) groups is 1. The summed E-state index contributed by atoms with van der Waals surface area (Å²) in [4.78, 5) is 14.2. The Morgan fingerprint density at radius 3 is 3.08 bits per heavy atom. The monoisotopic (exact) mass is 169 g/mol. The molecule has 12 heavy (non-hydrogen) atoms. The summed E-state index contributed by atoms with van der Waals surface area (Å²) in [5.41, 5.74) is 0.828. The third-order valence-corrected chi connectivity index (χ3v) is 1.41. The third kappa shape index (κ3) is 2.38. The molecular formula is C8H11NO3. The van der Waals surface area contributed by atoms with Crippen molar-refractivity contribution in [2.45, 2.75) is 26.2 Å². The van der Waals surface area contributed by atoms with Crippen LogP contribution in [0.2, 0.25) is 0 Å². The maximum absolute atomic E-state index is 10.2. The largest absolute Gasteiger partial charge is 0.481 e. The van der Waals surface area contributed by atoms with Crippen LogP contribution < -0.4 is 0 Å². The zero-order valence-electron chi connectivity index (χ0n) is 6.91. The Morgan fingerprint density at radius 2 is 2.50 bits per heavy atom. The van der Waals surface area contributed by atoms with E-state index in [2.05, 4.69) is 4.98 Å². The Morgan fingerprint density at radius 1 is 1.75 bits per heavy atom. The van der Waals surface area contributed by atoms with E-state index in [9.17, 15) is 4.79 Å². The van der Waals surface area contributed by atoms with Gasteiger partial charge in [-0.15, -0.1) is 0 Å². The SMILES string of the molecule is CCCc1coc(CC(=O)O)n1.